The first-order chi connectivity index (χ1) is 8.33. The van der Waals surface area contributed by atoms with E-state index >= 15 is 0 Å². The molecule has 17 heavy (non-hydrogen) atoms. The van der Waals surface area contributed by atoms with E-state index in [0.717, 1.165) is 17.8 Å². The molecule has 1 aromatic heterocycles. The van der Waals surface area contributed by atoms with Crippen molar-refractivity contribution in [2.24, 2.45) is 0 Å². The second kappa shape index (κ2) is 4.18. The van der Waals surface area contributed by atoms with Gasteiger partial charge in [0.25, 0.3) is 0 Å². The molecule has 1 aromatic carbocycles. The van der Waals surface area contributed by atoms with Gasteiger partial charge in [0.1, 0.15) is 0 Å². The normalized spacial score (nSPS) is 13.0. The molecule has 0 atom stereocenters. The third-order valence-electron chi connectivity index (χ3n) is 2.74. The van der Waals surface area contributed by atoms with E-state index < -0.39 is 0 Å². The molecule has 3 rings (SSSR count). The van der Waals surface area contributed by atoms with Crippen molar-refractivity contribution in [1.29, 1.82) is 0 Å². The van der Waals surface area contributed by atoms with Crippen LogP contribution >= 0.6 is 11.6 Å². The zero-order valence-corrected chi connectivity index (χ0v) is 9.78. The number of nitrogens with zero attached hydrogens (tertiary/aromatic N) is 2. The summed E-state index contributed by atoms with van der Waals surface area (Å²) in [6.07, 6.45) is 5.70. The van der Waals surface area contributed by atoms with Crippen LogP contribution in [0.15, 0.2) is 36.7 Å². The van der Waals surface area contributed by atoms with Crippen LogP contribution < -0.4 is 5.32 Å². The highest BCUT2D eigenvalue weighted by molar-refractivity contribution is 6.28. The summed E-state index contributed by atoms with van der Waals surface area (Å²) in [5.41, 5.74) is 4.42. The summed E-state index contributed by atoms with van der Waals surface area (Å²) in [5.74, 6) is 0. The summed E-state index contributed by atoms with van der Waals surface area (Å²) < 4.78 is 0. The maximum absolute atomic E-state index is 5.79. The van der Waals surface area contributed by atoms with Crippen molar-refractivity contribution < 1.29 is 0 Å². The van der Waals surface area contributed by atoms with E-state index in [2.05, 4.69) is 33.5 Å². The monoisotopic (exact) mass is 243 g/mol. The van der Waals surface area contributed by atoms with Crippen molar-refractivity contribution in [3.05, 3.63) is 53.1 Å². The average molecular weight is 244 g/mol. The van der Waals surface area contributed by atoms with Crippen molar-refractivity contribution in [2.45, 2.75) is 6.54 Å². The highest BCUT2D eigenvalue weighted by Crippen LogP contribution is 2.23. The second-order valence-corrected chi connectivity index (χ2v) is 4.18. The van der Waals surface area contributed by atoms with Crippen molar-refractivity contribution in [3.8, 4) is 11.3 Å². The molecule has 2 heterocycles. The fourth-order valence-corrected chi connectivity index (χ4v) is 2.04. The van der Waals surface area contributed by atoms with Crippen molar-refractivity contribution in [3.63, 3.8) is 0 Å². The van der Waals surface area contributed by atoms with Crippen molar-refractivity contribution >= 4 is 17.7 Å². The fourth-order valence-electron chi connectivity index (χ4n) is 1.89. The molecule has 0 spiro atoms. The van der Waals surface area contributed by atoms with E-state index in [1.165, 1.54) is 11.1 Å². The summed E-state index contributed by atoms with van der Waals surface area (Å²) >= 11 is 5.79. The van der Waals surface area contributed by atoms with Gasteiger partial charge in [-0.2, -0.15) is 0 Å². The third kappa shape index (κ3) is 2.01. The Morgan fingerprint density at radius 1 is 1.24 bits per heavy atom. The van der Waals surface area contributed by atoms with Gasteiger partial charge < -0.3 is 5.32 Å². The quantitative estimate of drug-likeness (QED) is 0.783. The minimum Gasteiger partial charge on any atom is -0.387 e. The summed E-state index contributed by atoms with van der Waals surface area (Å²) in [7, 11) is 0. The zero-order valence-electron chi connectivity index (χ0n) is 9.02. The maximum Gasteiger partial charge on any atom is 0.222 e. The number of benzene rings is 1. The van der Waals surface area contributed by atoms with Crippen LogP contribution in [0.1, 0.15) is 11.1 Å². The molecule has 0 saturated heterocycles. The van der Waals surface area contributed by atoms with Gasteiger partial charge in [0, 0.05) is 18.3 Å². The van der Waals surface area contributed by atoms with Crippen molar-refractivity contribution in [2.75, 3.05) is 0 Å². The summed E-state index contributed by atoms with van der Waals surface area (Å²) in [5, 5.41) is 3.47. The Morgan fingerprint density at radius 3 is 3.06 bits per heavy atom. The minimum absolute atomic E-state index is 0.276. The molecule has 0 unspecified atom stereocenters. The first-order valence-electron chi connectivity index (χ1n) is 5.35. The van der Waals surface area contributed by atoms with Crippen LogP contribution in [0, 0.1) is 0 Å². The van der Waals surface area contributed by atoms with Gasteiger partial charge in [-0.05, 0) is 47.1 Å². The van der Waals surface area contributed by atoms with Crippen LogP contribution in [0.25, 0.3) is 17.3 Å². The highest BCUT2D eigenvalue weighted by atomic mass is 35.5. The van der Waals surface area contributed by atoms with Gasteiger partial charge in [-0.25, -0.2) is 9.97 Å². The van der Waals surface area contributed by atoms with Crippen LogP contribution in [-0.4, -0.2) is 9.97 Å². The predicted molar refractivity (Wildman–Crippen MR) is 68.4 cm³/mol. The van der Waals surface area contributed by atoms with Crippen LogP contribution in [0.2, 0.25) is 5.28 Å². The SMILES string of the molecule is Clc1nccc(-c2ccc3c(c2)CNC=C3)n1. The molecule has 1 aliphatic rings. The Labute approximate surface area is 104 Å². The number of nitrogens with one attached hydrogen (secondary N) is 1. The minimum atomic E-state index is 0.276. The van der Waals surface area contributed by atoms with Gasteiger partial charge in [-0.3, -0.25) is 0 Å². The maximum atomic E-state index is 5.79. The van der Waals surface area contributed by atoms with Crippen LogP contribution in [-0.2, 0) is 6.54 Å². The molecule has 0 radical (unpaired) electrons. The molecule has 1 N–H and O–H groups in total. The van der Waals surface area contributed by atoms with Crippen LogP contribution in [0.5, 0.6) is 0 Å². The molecule has 0 saturated carbocycles. The molecular weight excluding hydrogens is 234 g/mol. The van der Waals surface area contributed by atoms with Gasteiger partial charge in [-0.1, -0.05) is 12.1 Å². The number of aromatic nitrogens is 2. The van der Waals surface area contributed by atoms with Crippen LogP contribution in [0.3, 0.4) is 0 Å². The number of hydrogen-bond donors (Lipinski definition) is 1. The first-order valence-corrected chi connectivity index (χ1v) is 5.72. The molecule has 1 aliphatic heterocycles. The van der Waals surface area contributed by atoms with Crippen molar-refractivity contribution in [1.82, 2.24) is 15.3 Å². The second-order valence-electron chi connectivity index (χ2n) is 3.84. The molecule has 0 bridgehead atoms. The van der Waals surface area contributed by atoms with Gasteiger partial charge in [-0.15, -0.1) is 0 Å². The largest absolute Gasteiger partial charge is 0.387 e. The molecule has 0 amide bonds. The molecule has 0 fully saturated rings. The topological polar surface area (TPSA) is 37.8 Å². The molecular formula is C13H10ClN3. The molecule has 0 aliphatic carbocycles. The van der Waals surface area contributed by atoms with E-state index in [4.69, 9.17) is 11.6 Å². The van der Waals surface area contributed by atoms with Crippen LogP contribution in [0.4, 0.5) is 0 Å². The standard InChI is InChI=1S/C13H10ClN3/c14-13-16-6-4-12(17-13)10-2-1-9-3-5-15-8-11(9)7-10/h1-7,15H,8H2. The average Bonchev–Trinajstić information content (AvgIpc) is 2.38. The number of hydrogen-bond acceptors (Lipinski definition) is 3. The van der Waals surface area contributed by atoms with Gasteiger partial charge in [0.2, 0.25) is 5.28 Å². The summed E-state index contributed by atoms with van der Waals surface area (Å²) in [6, 6.07) is 8.13. The summed E-state index contributed by atoms with van der Waals surface area (Å²) in [6.45, 7) is 0.846. The van der Waals surface area contributed by atoms with E-state index in [1.54, 1.807) is 6.20 Å². The van der Waals surface area contributed by atoms with Gasteiger partial charge in [0.05, 0.1) is 5.69 Å². The highest BCUT2D eigenvalue weighted by Gasteiger charge is 2.07. The Balaban J connectivity index is 2.07. The van der Waals surface area contributed by atoms with E-state index in [0.29, 0.717) is 0 Å². The number of rotatable bonds is 1. The molecule has 3 nitrogen and oxygen atoms in total. The number of halogens is 1. The first kappa shape index (κ1) is 10.3. The van der Waals surface area contributed by atoms with E-state index in [1.807, 2.05) is 18.3 Å². The zero-order chi connectivity index (χ0) is 11.7. The lowest BCUT2D eigenvalue weighted by molar-refractivity contribution is 0.859. The Morgan fingerprint density at radius 2 is 2.18 bits per heavy atom. The number of fused-ring (bicyclic) bond motifs is 1. The Hall–Kier alpha value is -1.87. The predicted octanol–water partition coefficient (Wildman–Crippen LogP) is 2.87. The Kier molecular flexibility index (Phi) is 2.53. The lowest BCUT2D eigenvalue weighted by atomic mass is 10.0. The molecule has 4 heteroatoms. The Bertz CT molecular complexity index is 593. The molecule has 84 valence electrons. The van der Waals surface area contributed by atoms with Gasteiger partial charge >= 0.3 is 0 Å². The van der Waals surface area contributed by atoms with Gasteiger partial charge in [0.15, 0.2) is 0 Å². The third-order valence-corrected chi connectivity index (χ3v) is 2.92. The van der Waals surface area contributed by atoms with E-state index in [-0.39, 0.29) is 5.28 Å². The molecule has 2 aromatic rings. The van der Waals surface area contributed by atoms with E-state index in [9.17, 15) is 0 Å². The lowest BCUT2D eigenvalue weighted by Gasteiger charge is -2.13. The smallest absolute Gasteiger partial charge is 0.222 e. The lowest BCUT2D eigenvalue weighted by Crippen LogP contribution is -2.10. The fraction of sp³-hybridized carbons (Fsp3) is 0.0769. The summed E-state index contributed by atoms with van der Waals surface area (Å²) in [4.78, 5) is 8.09.